The third-order valence-electron chi connectivity index (χ3n) is 2.16. The SMILES string of the molecule is O/C=C1/OC2(CC2)C[C@@H]1O. The van der Waals surface area contributed by atoms with Gasteiger partial charge in [-0.15, -0.1) is 0 Å². The standard InChI is InChI=1S/C7H10O3/c8-4-6-5(9)3-7(10-6)1-2-7/h4-5,8-9H,1-3H2/b6-4+/t5-/m0/s1. The van der Waals surface area contributed by atoms with Gasteiger partial charge in [-0.05, 0) is 12.8 Å². The van der Waals surface area contributed by atoms with E-state index in [9.17, 15) is 5.11 Å². The minimum absolute atomic E-state index is 0.0893. The maximum Gasteiger partial charge on any atom is 0.159 e. The average Bonchev–Trinajstić information content (AvgIpc) is 2.55. The Labute approximate surface area is 58.9 Å². The third kappa shape index (κ3) is 0.703. The predicted molar refractivity (Wildman–Crippen MR) is 34.4 cm³/mol. The summed E-state index contributed by atoms with van der Waals surface area (Å²) in [5.74, 6) is 0.331. The van der Waals surface area contributed by atoms with Gasteiger partial charge in [-0.3, -0.25) is 0 Å². The molecule has 3 nitrogen and oxygen atoms in total. The van der Waals surface area contributed by atoms with Crippen molar-refractivity contribution in [2.75, 3.05) is 0 Å². The molecule has 2 fully saturated rings. The lowest BCUT2D eigenvalue weighted by molar-refractivity contribution is 0.128. The molecule has 2 aliphatic rings. The van der Waals surface area contributed by atoms with Crippen molar-refractivity contribution in [3.05, 3.63) is 12.0 Å². The molecule has 1 saturated carbocycles. The Morgan fingerprint density at radius 1 is 1.60 bits per heavy atom. The summed E-state index contributed by atoms with van der Waals surface area (Å²) in [6.07, 6.45) is 2.97. The molecule has 1 atom stereocenters. The van der Waals surface area contributed by atoms with Crippen molar-refractivity contribution in [1.29, 1.82) is 0 Å². The van der Waals surface area contributed by atoms with Crippen molar-refractivity contribution in [2.24, 2.45) is 0 Å². The number of ether oxygens (including phenoxy) is 1. The van der Waals surface area contributed by atoms with Gasteiger partial charge < -0.3 is 14.9 Å². The van der Waals surface area contributed by atoms with E-state index in [1.54, 1.807) is 0 Å². The Morgan fingerprint density at radius 2 is 2.30 bits per heavy atom. The van der Waals surface area contributed by atoms with Crippen molar-refractivity contribution in [3.63, 3.8) is 0 Å². The molecule has 0 unspecified atom stereocenters. The molecule has 1 saturated heterocycles. The zero-order valence-electron chi connectivity index (χ0n) is 5.58. The summed E-state index contributed by atoms with van der Waals surface area (Å²) in [5.41, 5.74) is -0.0893. The minimum atomic E-state index is -0.576. The number of aliphatic hydroxyl groups excluding tert-OH is 2. The summed E-state index contributed by atoms with van der Waals surface area (Å²) in [4.78, 5) is 0. The van der Waals surface area contributed by atoms with Crippen LogP contribution in [-0.4, -0.2) is 21.9 Å². The largest absolute Gasteiger partial charge is 0.512 e. The lowest BCUT2D eigenvalue weighted by Gasteiger charge is -2.03. The molecule has 10 heavy (non-hydrogen) atoms. The van der Waals surface area contributed by atoms with E-state index in [4.69, 9.17) is 9.84 Å². The van der Waals surface area contributed by atoms with Crippen molar-refractivity contribution in [2.45, 2.75) is 31.0 Å². The van der Waals surface area contributed by atoms with Crippen LogP contribution < -0.4 is 0 Å². The molecule has 2 rings (SSSR count). The quantitative estimate of drug-likeness (QED) is 0.489. The Hall–Kier alpha value is -0.700. The van der Waals surface area contributed by atoms with Crippen molar-refractivity contribution >= 4 is 0 Å². The van der Waals surface area contributed by atoms with Gasteiger partial charge in [0, 0.05) is 6.42 Å². The van der Waals surface area contributed by atoms with E-state index in [0.717, 1.165) is 19.1 Å². The molecule has 1 heterocycles. The van der Waals surface area contributed by atoms with Crippen LogP contribution in [0.5, 0.6) is 0 Å². The molecule has 0 aromatic rings. The fourth-order valence-electron chi connectivity index (χ4n) is 1.37. The molecule has 0 aromatic carbocycles. The molecule has 3 heteroatoms. The molecule has 2 N–H and O–H groups in total. The van der Waals surface area contributed by atoms with Gasteiger partial charge in [0.15, 0.2) is 5.76 Å². The smallest absolute Gasteiger partial charge is 0.159 e. The van der Waals surface area contributed by atoms with Gasteiger partial charge in [0.25, 0.3) is 0 Å². The number of rotatable bonds is 0. The molecule has 0 amide bonds. The summed E-state index contributed by atoms with van der Waals surface area (Å²) >= 11 is 0. The maximum atomic E-state index is 9.21. The van der Waals surface area contributed by atoms with Gasteiger partial charge in [-0.25, -0.2) is 0 Å². The second kappa shape index (κ2) is 1.66. The molecule has 56 valence electrons. The lowest BCUT2D eigenvalue weighted by Crippen LogP contribution is -2.05. The summed E-state index contributed by atoms with van der Waals surface area (Å²) < 4.78 is 5.28. The van der Waals surface area contributed by atoms with E-state index in [1.165, 1.54) is 0 Å². The summed E-state index contributed by atoms with van der Waals surface area (Å²) in [5, 5.41) is 17.8. The Morgan fingerprint density at radius 3 is 2.60 bits per heavy atom. The van der Waals surface area contributed by atoms with E-state index in [2.05, 4.69) is 0 Å². The lowest BCUT2D eigenvalue weighted by atomic mass is 10.2. The van der Waals surface area contributed by atoms with Gasteiger partial charge >= 0.3 is 0 Å². The van der Waals surface area contributed by atoms with Gasteiger partial charge in [0.2, 0.25) is 0 Å². The molecule has 1 spiro atoms. The normalized spacial score (nSPS) is 38.5. The first kappa shape index (κ1) is 6.04. The number of hydrogen-bond acceptors (Lipinski definition) is 3. The maximum absolute atomic E-state index is 9.21. The van der Waals surface area contributed by atoms with Crippen LogP contribution in [0.1, 0.15) is 19.3 Å². The zero-order chi connectivity index (χ0) is 7.19. The number of aliphatic hydroxyl groups is 2. The Kier molecular flexibility index (Phi) is 1.01. The highest BCUT2D eigenvalue weighted by atomic mass is 16.5. The molecule has 0 bridgehead atoms. The second-order valence-corrected chi connectivity index (χ2v) is 3.04. The van der Waals surface area contributed by atoms with E-state index in [1.807, 2.05) is 0 Å². The molecule has 0 aromatic heterocycles. The third-order valence-corrected chi connectivity index (χ3v) is 2.16. The first-order valence-corrected chi connectivity index (χ1v) is 3.47. The Balaban J connectivity index is 2.15. The highest BCUT2D eigenvalue weighted by molar-refractivity contribution is 5.14. The Bertz CT molecular complexity index is 181. The minimum Gasteiger partial charge on any atom is -0.512 e. The first-order valence-electron chi connectivity index (χ1n) is 3.47. The van der Waals surface area contributed by atoms with Crippen LogP contribution >= 0.6 is 0 Å². The molecular weight excluding hydrogens is 132 g/mol. The first-order chi connectivity index (χ1) is 4.76. The zero-order valence-corrected chi connectivity index (χ0v) is 5.58. The summed E-state index contributed by atoms with van der Waals surface area (Å²) in [6.45, 7) is 0. The molecular formula is C7H10O3. The van der Waals surface area contributed by atoms with Crippen LogP contribution in [0.15, 0.2) is 12.0 Å². The fourth-order valence-corrected chi connectivity index (χ4v) is 1.37. The average molecular weight is 142 g/mol. The fraction of sp³-hybridized carbons (Fsp3) is 0.714. The highest BCUT2D eigenvalue weighted by Gasteiger charge is 2.53. The van der Waals surface area contributed by atoms with Crippen LogP contribution in [0.2, 0.25) is 0 Å². The van der Waals surface area contributed by atoms with Crippen LogP contribution in [0.25, 0.3) is 0 Å². The molecule has 1 aliphatic heterocycles. The van der Waals surface area contributed by atoms with Gasteiger partial charge in [0.05, 0.1) is 0 Å². The predicted octanol–water partition coefficient (Wildman–Crippen LogP) is 0.700. The van der Waals surface area contributed by atoms with Crippen molar-refractivity contribution in [1.82, 2.24) is 0 Å². The van der Waals surface area contributed by atoms with Gasteiger partial charge in [0.1, 0.15) is 18.0 Å². The van der Waals surface area contributed by atoms with Gasteiger partial charge in [-0.2, -0.15) is 0 Å². The summed E-state index contributed by atoms with van der Waals surface area (Å²) in [7, 11) is 0. The van der Waals surface area contributed by atoms with E-state index >= 15 is 0 Å². The molecule has 1 aliphatic carbocycles. The van der Waals surface area contributed by atoms with Crippen LogP contribution in [0.3, 0.4) is 0 Å². The van der Waals surface area contributed by atoms with Crippen molar-refractivity contribution in [3.8, 4) is 0 Å². The topological polar surface area (TPSA) is 49.7 Å². The second-order valence-electron chi connectivity index (χ2n) is 3.04. The van der Waals surface area contributed by atoms with Crippen LogP contribution in [0, 0.1) is 0 Å². The summed E-state index contributed by atoms with van der Waals surface area (Å²) in [6, 6.07) is 0. The van der Waals surface area contributed by atoms with Crippen molar-refractivity contribution < 1.29 is 14.9 Å². The van der Waals surface area contributed by atoms with E-state index < -0.39 is 6.10 Å². The highest BCUT2D eigenvalue weighted by Crippen LogP contribution is 2.50. The van der Waals surface area contributed by atoms with Gasteiger partial charge in [-0.1, -0.05) is 0 Å². The number of hydrogen-bond donors (Lipinski definition) is 2. The van der Waals surface area contributed by atoms with E-state index in [0.29, 0.717) is 12.2 Å². The van der Waals surface area contributed by atoms with Crippen LogP contribution in [0.4, 0.5) is 0 Å². The molecule has 0 radical (unpaired) electrons. The van der Waals surface area contributed by atoms with Crippen LogP contribution in [-0.2, 0) is 4.74 Å². The monoisotopic (exact) mass is 142 g/mol. The van der Waals surface area contributed by atoms with E-state index in [-0.39, 0.29) is 5.60 Å².